The average Bonchev–Trinajstić information content (AvgIpc) is 3.72. The molecule has 1 aliphatic heterocycles. The molecule has 2 aliphatic rings. The predicted molar refractivity (Wildman–Crippen MR) is 133 cm³/mol. The maximum atomic E-state index is 13.2. The van der Waals surface area contributed by atoms with Crippen molar-refractivity contribution in [2.75, 3.05) is 36.9 Å². The molecular weight excluding hydrogens is 446 g/mol. The number of benzene rings is 3. The summed E-state index contributed by atoms with van der Waals surface area (Å²) in [5.74, 6) is -0.446. The molecule has 2 amide bonds. The zero-order valence-corrected chi connectivity index (χ0v) is 19.2. The van der Waals surface area contributed by atoms with Gasteiger partial charge in [0.15, 0.2) is 5.75 Å². The Kier molecular flexibility index (Phi) is 6.50. The summed E-state index contributed by atoms with van der Waals surface area (Å²) in [5, 5.41) is 15.0. The SMILES string of the molecule is O=C(Nc1ccc(-c2ccccc2)cc1)c1ccc(OO)c(NC(=O)C2(N3CCOCC3)CC2)c1. The molecule has 35 heavy (non-hydrogen) atoms. The molecule has 1 saturated heterocycles. The van der Waals surface area contributed by atoms with Gasteiger partial charge in [-0.15, -0.1) is 0 Å². The molecule has 0 bridgehead atoms. The van der Waals surface area contributed by atoms with Gasteiger partial charge in [-0.05, 0) is 54.3 Å². The van der Waals surface area contributed by atoms with E-state index in [0.717, 1.165) is 24.0 Å². The molecule has 2 fully saturated rings. The van der Waals surface area contributed by atoms with Crippen molar-refractivity contribution in [1.29, 1.82) is 0 Å². The summed E-state index contributed by atoms with van der Waals surface area (Å²) in [6, 6.07) is 22.0. The highest BCUT2D eigenvalue weighted by atomic mass is 17.1. The van der Waals surface area contributed by atoms with Gasteiger partial charge < -0.3 is 20.3 Å². The normalized spacial score (nSPS) is 16.8. The Morgan fingerprint density at radius 3 is 2.23 bits per heavy atom. The maximum absolute atomic E-state index is 13.2. The highest BCUT2D eigenvalue weighted by Crippen LogP contribution is 2.43. The summed E-state index contributed by atoms with van der Waals surface area (Å²) in [4.78, 5) is 32.7. The van der Waals surface area contributed by atoms with Crippen molar-refractivity contribution in [2.24, 2.45) is 0 Å². The summed E-state index contributed by atoms with van der Waals surface area (Å²) in [6.07, 6.45) is 1.51. The summed E-state index contributed by atoms with van der Waals surface area (Å²) in [7, 11) is 0. The van der Waals surface area contributed by atoms with Crippen LogP contribution in [0.2, 0.25) is 0 Å². The molecular formula is C27H27N3O5. The number of anilines is 2. The number of ether oxygens (including phenoxy) is 1. The quantitative estimate of drug-likeness (QED) is 0.350. The van der Waals surface area contributed by atoms with Gasteiger partial charge in [-0.2, -0.15) is 0 Å². The molecule has 3 aromatic carbocycles. The number of morpholine rings is 1. The van der Waals surface area contributed by atoms with Crippen molar-refractivity contribution in [3.8, 4) is 16.9 Å². The van der Waals surface area contributed by atoms with E-state index in [0.29, 0.717) is 37.6 Å². The van der Waals surface area contributed by atoms with E-state index in [-0.39, 0.29) is 23.3 Å². The number of hydrogen-bond acceptors (Lipinski definition) is 6. The van der Waals surface area contributed by atoms with Crippen LogP contribution in [0.4, 0.5) is 11.4 Å². The van der Waals surface area contributed by atoms with Gasteiger partial charge in [-0.25, -0.2) is 5.26 Å². The van der Waals surface area contributed by atoms with Gasteiger partial charge in [0.25, 0.3) is 5.91 Å². The second-order valence-electron chi connectivity index (χ2n) is 8.78. The van der Waals surface area contributed by atoms with E-state index in [1.807, 2.05) is 54.6 Å². The van der Waals surface area contributed by atoms with Crippen LogP contribution >= 0.6 is 0 Å². The number of rotatable bonds is 7. The van der Waals surface area contributed by atoms with E-state index in [2.05, 4.69) is 20.4 Å². The van der Waals surface area contributed by atoms with E-state index in [9.17, 15) is 14.8 Å². The van der Waals surface area contributed by atoms with Gasteiger partial charge >= 0.3 is 0 Å². The van der Waals surface area contributed by atoms with Gasteiger partial charge in [0, 0.05) is 24.3 Å². The van der Waals surface area contributed by atoms with Crippen molar-refractivity contribution < 1.29 is 24.5 Å². The van der Waals surface area contributed by atoms with Crippen LogP contribution in [0, 0.1) is 0 Å². The average molecular weight is 474 g/mol. The number of amides is 2. The van der Waals surface area contributed by atoms with Crippen molar-refractivity contribution in [3.05, 3.63) is 78.4 Å². The van der Waals surface area contributed by atoms with E-state index < -0.39 is 5.54 Å². The second kappa shape index (κ2) is 9.87. The van der Waals surface area contributed by atoms with Crippen molar-refractivity contribution in [1.82, 2.24) is 4.90 Å². The topological polar surface area (TPSA) is 100 Å². The van der Waals surface area contributed by atoms with Crippen LogP contribution in [0.3, 0.4) is 0 Å². The molecule has 180 valence electrons. The number of carbonyl (C=O) groups excluding carboxylic acids is 2. The monoisotopic (exact) mass is 473 g/mol. The molecule has 0 spiro atoms. The Balaban J connectivity index is 1.29. The maximum Gasteiger partial charge on any atom is 0.255 e. The fourth-order valence-corrected chi connectivity index (χ4v) is 4.46. The van der Waals surface area contributed by atoms with Crippen LogP contribution in [0.5, 0.6) is 5.75 Å². The van der Waals surface area contributed by atoms with Crippen LogP contribution in [-0.2, 0) is 9.53 Å². The Labute approximate surface area is 203 Å². The first kappa shape index (κ1) is 23.0. The lowest BCUT2D eigenvalue weighted by Gasteiger charge is -2.33. The molecule has 5 rings (SSSR count). The molecule has 0 aromatic heterocycles. The van der Waals surface area contributed by atoms with Gasteiger partial charge in [0.05, 0.1) is 18.9 Å². The number of carbonyl (C=O) groups is 2. The molecule has 1 aliphatic carbocycles. The van der Waals surface area contributed by atoms with Gasteiger partial charge in [-0.1, -0.05) is 42.5 Å². The van der Waals surface area contributed by atoms with Crippen LogP contribution in [-0.4, -0.2) is 53.8 Å². The van der Waals surface area contributed by atoms with E-state index in [4.69, 9.17) is 4.74 Å². The van der Waals surface area contributed by atoms with Crippen molar-refractivity contribution in [2.45, 2.75) is 18.4 Å². The minimum Gasteiger partial charge on any atom is -0.379 e. The third-order valence-corrected chi connectivity index (χ3v) is 6.60. The summed E-state index contributed by atoms with van der Waals surface area (Å²) < 4.78 is 5.41. The van der Waals surface area contributed by atoms with Gasteiger partial charge in [-0.3, -0.25) is 14.5 Å². The van der Waals surface area contributed by atoms with E-state index in [1.165, 1.54) is 18.2 Å². The summed E-state index contributed by atoms with van der Waals surface area (Å²) in [6.45, 7) is 2.59. The minimum atomic E-state index is -0.574. The molecule has 0 unspecified atom stereocenters. The lowest BCUT2D eigenvalue weighted by molar-refractivity contribution is -0.137. The highest BCUT2D eigenvalue weighted by molar-refractivity contribution is 6.07. The smallest absolute Gasteiger partial charge is 0.255 e. The van der Waals surface area contributed by atoms with Gasteiger partial charge in [0.1, 0.15) is 5.54 Å². The molecule has 1 saturated carbocycles. The Hall–Kier alpha value is -3.72. The van der Waals surface area contributed by atoms with Crippen LogP contribution in [0.15, 0.2) is 72.8 Å². The number of nitrogens with one attached hydrogen (secondary N) is 2. The van der Waals surface area contributed by atoms with E-state index >= 15 is 0 Å². The minimum absolute atomic E-state index is 0.0693. The van der Waals surface area contributed by atoms with E-state index in [1.54, 1.807) is 0 Å². The zero-order valence-electron chi connectivity index (χ0n) is 19.2. The van der Waals surface area contributed by atoms with Crippen LogP contribution in [0.25, 0.3) is 11.1 Å². The molecule has 3 aromatic rings. The third-order valence-electron chi connectivity index (χ3n) is 6.60. The Bertz CT molecular complexity index is 1200. The molecule has 0 radical (unpaired) electrons. The first-order valence-electron chi connectivity index (χ1n) is 11.7. The first-order chi connectivity index (χ1) is 17.1. The zero-order chi connectivity index (χ0) is 24.3. The predicted octanol–water partition coefficient (Wildman–Crippen LogP) is 4.26. The van der Waals surface area contributed by atoms with Crippen molar-refractivity contribution >= 4 is 23.2 Å². The molecule has 8 heteroatoms. The Morgan fingerprint density at radius 1 is 0.886 bits per heavy atom. The molecule has 0 atom stereocenters. The standard InChI is InChI=1S/C27H27N3O5/c31-25(28-22-9-6-20(7-10-22)19-4-2-1-3-5-19)21-8-11-24(35-33)23(18-21)29-26(32)27(12-13-27)30-14-16-34-17-15-30/h1-11,18,33H,12-17H2,(H,28,31)(H,29,32). The first-order valence-corrected chi connectivity index (χ1v) is 11.7. The Morgan fingerprint density at radius 2 is 1.57 bits per heavy atom. The fraction of sp³-hybridized carbons (Fsp3) is 0.259. The van der Waals surface area contributed by atoms with Crippen LogP contribution < -0.4 is 15.5 Å². The number of hydrogen-bond donors (Lipinski definition) is 3. The molecule has 3 N–H and O–H groups in total. The largest absolute Gasteiger partial charge is 0.379 e. The lowest BCUT2D eigenvalue weighted by Crippen LogP contribution is -2.51. The summed E-state index contributed by atoms with van der Waals surface area (Å²) >= 11 is 0. The molecule has 1 heterocycles. The van der Waals surface area contributed by atoms with Crippen molar-refractivity contribution in [3.63, 3.8) is 0 Å². The lowest BCUT2D eigenvalue weighted by atomic mass is 10.1. The number of nitrogens with zero attached hydrogens (tertiary/aromatic N) is 1. The molecule has 8 nitrogen and oxygen atoms in total. The van der Waals surface area contributed by atoms with Gasteiger partial charge in [0.2, 0.25) is 5.91 Å². The summed E-state index contributed by atoms with van der Waals surface area (Å²) in [5.41, 5.74) is 2.78. The highest BCUT2D eigenvalue weighted by Gasteiger charge is 2.54. The third kappa shape index (κ3) is 4.90. The van der Waals surface area contributed by atoms with Crippen LogP contribution in [0.1, 0.15) is 23.2 Å². The second-order valence-corrected chi connectivity index (χ2v) is 8.78. The fourth-order valence-electron chi connectivity index (χ4n) is 4.46.